The maximum Gasteiger partial charge on any atom is 0.119 e. The van der Waals surface area contributed by atoms with E-state index in [4.69, 9.17) is 10.5 Å². The van der Waals surface area contributed by atoms with Gasteiger partial charge in [-0.2, -0.15) is 0 Å². The molecule has 2 rings (SSSR count). The van der Waals surface area contributed by atoms with Crippen LogP contribution < -0.4 is 10.5 Å². The molecule has 1 heterocycles. The number of nitrogens with two attached hydrogens (primary N) is 1. The summed E-state index contributed by atoms with van der Waals surface area (Å²) in [5.41, 5.74) is 8.90. The maximum absolute atomic E-state index is 5.52. The molecule has 3 heteroatoms. The smallest absolute Gasteiger partial charge is 0.119 e. The minimum Gasteiger partial charge on any atom is -0.497 e. The molecule has 0 spiro atoms. The summed E-state index contributed by atoms with van der Waals surface area (Å²) in [6.45, 7) is 2.82. The Morgan fingerprint density at radius 2 is 2.12 bits per heavy atom. The van der Waals surface area contributed by atoms with Gasteiger partial charge in [-0.15, -0.1) is 0 Å². The van der Waals surface area contributed by atoms with E-state index in [1.165, 1.54) is 5.56 Å². The lowest BCUT2D eigenvalue weighted by Crippen LogP contribution is -2.02. The molecular formula is C14H18N2O. The quantitative estimate of drug-likeness (QED) is 0.877. The Labute approximate surface area is 102 Å². The summed E-state index contributed by atoms with van der Waals surface area (Å²) in [5.74, 6) is 0.872. The van der Waals surface area contributed by atoms with Gasteiger partial charge in [0.15, 0.2) is 0 Å². The van der Waals surface area contributed by atoms with Gasteiger partial charge in [-0.1, -0.05) is 0 Å². The van der Waals surface area contributed by atoms with Crippen LogP contribution in [-0.2, 0) is 6.42 Å². The molecule has 0 aliphatic carbocycles. The zero-order valence-corrected chi connectivity index (χ0v) is 10.4. The summed E-state index contributed by atoms with van der Waals surface area (Å²) < 4.78 is 5.23. The minimum atomic E-state index is 0.710. The molecule has 17 heavy (non-hydrogen) atoms. The molecule has 90 valence electrons. The van der Waals surface area contributed by atoms with Crippen LogP contribution in [0.5, 0.6) is 5.75 Å². The van der Waals surface area contributed by atoms with Crippen LogP contribution in [0.25, 0.3) is 10.9 Å². The van der Waals surface area contributed by atoms with E-state index < -0.39 is 0 Å². The van der Waals surface area contributed by atoms with Crippen LogP contribution in [-0.4, -0.2) is 18.6 Å². The normalized spacial score (nSPS) is 10.8. The molecule has 0 bridgehead atoms. The molecule has 0 saturated heterocycles. The zero-order valence-electron chi connectivity index (χ0n) is 10.4. The Kier molecular flexibility index (Phi) is 3.59. The number of rotatable bonds is 4. The van der Waals surface area contributed by atoms with Crippen molar-refractivity contribution in [2.45, 2.75) is 19.8 Å². The Bertz CT molecular complexity index is 523. The highest BCUT2D eigenvalue weighted by molar-refractivity contribution is 5.83. The first kappa shape index (κ1) is 11.9. The molecule has 2 N–H and O–H groups in total. The van der Waals surface area contributed by atoms with Gasteiger partial charge < -0.3 is 10.5 Å². The van der Waals surface area contributed by atoms with Crippen LogP contribution in [0.4, 0.5) is 0 Å². The van der Waals surface area contributed by atoms with Gasteiger partial charge >= 0.3 is 0 Å². The second-order valence-electron chi connectivity index (χ2n) is 4.21. The maximum atomic E-state index is 5.52. The van der Waals surface area contributed by atoms with Gasteiger partial charge in [-0.05, 0) is 56.1 Å². The van der Waals surface area contributed by atoms with Crippen molar-refractivity contribution in [2.75, 3.05) is 13.7 Å². The number of aromatic nitrogens is 1. The first-order chi connectivity index (χ1) is 8.24. The van der Waals surface area contributed by atoms with Crippen molar-refractivity contribution >= 4 is 10.9 Å². The molecule has 0 unspecified atom stereocenters. The molecule has 2 aromatic rings. The third-order valence-electron chi connectivity index (χ3n) is 2.91. The molecule has 0 atom stereocenters. The predicted octanol–water partition coefficient (Wildman–Crippen LogP) is 2.44. The van der Waals surface area contributed by atoms with Crippen molar-refractivity contribution in [3.8, 4) is 5.75 Å². The third kappa shape index (κ3) is 2.56. The zero-order chi connectivity index (χ0) is 12.3. The number of hydrogen-bond donors (Lipinski definition) is 1. The van der Waals surface area contributed by atoms with Crippen molar-refractivity contribution in [1.82, 2.24) is 4.98 Å². The summed E-state index contributed by atoms with van der Waals surface area (Å²) >= 11 is 0. The fraction of sp³-hybridized carbons (Fsp3) is 0.357. The molecule has 0 fully saturated rings. The van der Waals surface area contributed by atoms with Crippen molar-refractivity contribution in [2.24, 2.45) is 5.73 Å². The van der Waals surface area contributed by atoms with Gasteiger partial charge in [0.25, 0.3) is 0 Å². The topological polar surface area (TPSA) is 48.1 Å². The summed E-state index contributed by atoms with van der Waals surface area (Å²) in [6, 6.07) is 8.12. The summed E-state index contributed by atoms with van der Waals surface area (Å²) in [5, 5.41) is 1.15. The minimum absolute atomic E-state index is 0.710. The fourth-order valence-corrected chi connectivity index (χ4v) is 1.98. The molecule has 0 aliphatic heterocycles. The summed E-state index contributed by atoms with van der Waals surface area (Å²) in [7, 11) is 1.68. The number of fused-ring (bicyclic) bond motifs is 1. The largest absolute Gasteiger partial charge is 0.497 e. The van der Waals surface area contributed by atoms with Gasteiger partial charge in [0.05, 0.1) is 12.6 Å². The molecule has 0 amide bonds. The van der Waals surface area contributed by atoms with Crippen LogP contribution in [0.15, 0.2) is 24.3 Å². The van der Waals surface area contributed by atoms with Gasteiger partial charge in [0, 0.05) is 11.1 Å². The van der Waals surface area contributed by atoms with Gasteiger partial charge in [0.2, 0.25) is 0 Å². The third-order valence-corrected chi connectivity index (χ3v) is 2.91. The Balaban J connectivity index is 2.44. The number of aryl methyl sites for hydroxylation is 2. The van der Waals surface area contributed by atoms with E-state index in [9.17, 15) is 0 Å². The summed E-state index contributed by atoms with van der Waals surface area (Å²) in [4.78, 5) is 4.64. The highest BCUT2D eigenvalue weighted by atomic mass is 16.5. The number of nitrogens with zero attached hydrogens (tertiary/aromatic N) is 1. The monoisotopic (exact) mass is 230 g/mol. The lowest BCUT2D eigenvalue weighted by Gasteiger charge is -2.07. The van der Waals surface area contributed by atoms with E-state index in [0.29, 0.717) is 6.54 Å². The second-order valence-corrected chi connectivity index (χ2v) is 4.21. The van der Waals surface area contributed by atoms with Gasteiger partial charge in [-0.25, -0.2) is 0 Å². The molecule has 0 saturated carbocycles. The van der Waals surface area contributed by atoms with Crippen molar-refractivity contribution in [3.63, 3.8) is 0 Å². The van der Waals surface area contributed by atoms with E-state index in [0.717, 1.165) is 35.2 Å². The molecule has 0 aliphatic rings. The van der Waals surface area contributed by atoms with E-state index in [1.807, 2.05) is 18.2 Å². The number of pyridine rings is 1. The highest BCUT2D eigenvalue weighted by Crippen LogP contribution is 2.23. The standard InChI is InChI=1S/C14H18N2O/c1-10-8-11(4-3-7-15)16-14-6-5-12(17-2)9-13(10)14/h5-6,8-9H,3-4,7,15H2,1-2H3. The molecule has 1 aromatic carbocycles. The number of benzene rings is 1. The van der Waals surface area contributed by atoms with Crippen LogP contribution >= 0.6 is 0 Å². The van der Waals surface area contributed by atoms with E-state index in [1.54, 1.807) is 7.11 Å². The highest BCUT2D eigenvalue weighted by Gasteiger charge is 2.04. The second kappa shape index (κ2) is 5.15. The number of ether oxygens (including phenoxy) is 1. The van der Waals surface area contributed by atoms with E-state index >= 15 is 0 Å². The number of methoxy groups -OCH3 is 1. The molecule has 1 aromatic heterocycles. The van der Waals surface area contributed by atoms with Crippen LogP contribution in [0.2, 0.25) is 0 Å². The molecular weight excluding hydrogens is 212 g/mol. The van der Waals surface area contributed by atoms with E-state index in [2.05, 4.69) is 18.0 Å². The SMILES string of the molecule is COc1ccc2nc(CCCN)cc(C)c2c1. The average molecular weight is 230 g/mol. The van der Waals surface area contributed by atoms with Crippen LogP contribution in [0.1, 0.15) is 17.7 Å². The van der Waals surface area contributed by atoms with Gasteiger partial charge in [0.1, 0.15) is 5.75 Å². The van der Waals surface area contributed by atoms with Crippen LogP contribution in [0, 0.1) is 6.92 Å². The van der Waals surface area contributed by atoms with Crippen LogP contribution in [0.3, 0.4) is 0 Å². The molecule has 3 nitrogen and oxygen atoms in total. The van der Waals surface area contributed by atoms with Gasteiger partial charge in [-0.3, -0.25) is 4.98 Å². The summed E-state index contributed by atoms with van der Waals surface area (Å²) in [6.07, 6.45) is 1.92. The predicted molar refractivity (Wildman–Crippen MR) is 70.4 cm³/mol. The first-order valence-electron chi connectivity index (χ1n) is 5.89. The average Bonchev–Trinajstić information content (AvgIpc) is 2.36. The Hall–Kier alpha value is -1.61. The molecule has 0 radical (unpaired) electrons. The number of hydrogen-bond acceptors (Lipinski definition) is 3. The van der Waals surface area contributed by atoms with Crippen molar-refractivity contribution in [1.29, 1.82) is 0 Å². The Morgan fingerprint density at radius 1 is 1.29 bits per heavy atom. The first-order valence-corrected chi connectivity index (χ1v) is 5.89. The van der Waals surface area contributed by atoms with Crippen molar-refractivity contribution in [3.05, 3.63) is 35.5 Å². The Morgan fingerprint density at radius 3 is 2.82 bits per heavy atom. The van der Waals surface area contributed by atoms with E-state index in [-0.39, 0.29) is 0 Å². The van der Waals surface area contributed by atoms with Crippen molar-refractivity contribution < 1.29 is 4.74 Å². The lowest BCUT2D eigenvalue weighted by atomic mass is 10.1. The lowest BCUT2D eigenvalue weighted by molar-refractivity contribution is 0.415. The fourth-order valence-electron chi connectivity index (χ4n) is 1.98.